The highest BCUT2D eigenvalue weighted by molar-refractivity contribution is 5.69. The second-order valence-electron chi connectivity index (χ2n) is 4.41. The van der Waals surface area contributed by atoms with Crippen molar-refractivity contribution in [1.29, 1.82) is 0 Å². The van der Waals surface area contributed by atoms with Crippen molar-refractivity contribution in [3.8, 4) is 0 Å². The fraction of sp³-hybridized carbons (Fsp3) is 0.909. The van der Waals surface area contributed by atoms with Crippen molar-refractivity contribution < 1.29 is 19.4 Å². The Balaban J connectivity index is 2.19. The number of carbonyl (C=O) groups excluding carboxylic acids is 1. The number of β-amino-alcohol motifs (C(OH)–C–C–N with tert-alkyl or cyclic N) is 1. The smallest absolute Gasteiger partial charge is 0.308 e. The van der Waals surface area contributed by atoms with Crippen LogP contribution in [0.4, 0.5) is 0 Å². The Morgan fingerprint density at radius 2 is 2.44 bits per heavy atom. The lowest BCUT2D eigenvalue weighted by Crippen LogP contribution is -2.46. The van der Waals surface area contributed by atoms with Crippen LogP contribution in [0.25, 0.3) is 0 Å². The lowest BCUT2D eigenvalue weighted by Gasteiger charge is -2.25. The van der Waals surface area contributed by atoms with E-state index in [0.717, 1.165) is 13.0 Å². The molecule has 0 saturated carbocycles. The Bertz CT molecular complexity index is 226. The highest BCUT2D eigenvalue weighted by Crippen LogP contribution is 2.17. The minimum Gasteiger partial charge on any atom is -0.466 e. The summed E-state index contributed by atoms with van der Waals surface area (Å²) < 4.78 is 10.0. The molecule has 0 bridgehead atoms. The van der Waals surface area contributed by atoms with Crippen molar-refractivity contribution in [2.75, 3.05) is 26.4 Å². The molecular formula is C11H21NO4. The summed E-state index contributed by atoms with van der Waals surface area (Å²) in [4.78, 5) is 11.1. The van der Waals surface area contributed by atoms with E-state index >= 15 is 0 Å². The first-order valence-electron chi connectivity index (χ1n) is 5.72. The molecule has 0 radical (unpaired) electrons. The summed E-state index contributed by atoms with van der Waals surface area (Å²) in [5.41, 5.74) is -0.0738. The van der Waals surface area contributed by atoms with Crippen LogP contribution >= 0.6 is 0 Å². The van der Waals surface area contributed by atoms with Gasteiger partial charge in [0.2, 0.25) is 0 Å². The Morgan fingerprint density at radius 3 is 3.00 bits per heavy atom. The van der Waals surface area contributed by atoms with E-state index in [1.54, 1.807) is 6.92 Å². The first-order valence-corrected chi connectivity index (χ1v) is 5.72. The normalized spacial score (nSPS) is 26.7. The van der Waals surface area contributed by atoms with Crippen molar-refractivity contribution in [2.24, 2.45) is 0 Å². The lowest BCUT2D eigenvalue weighted by molar-refractivity contribution is -0.145. The largest absolute Gasteiger partial charge is 0.466 e. The predicted octanol–water partition coefficient (Wildman–Crippen LogP) is 0.0691. The molecular weight excluding hydrogens is 210 g/mol. The van der Waals surface area contributed by atoms with Gasteiger partial charge in [0.25, 0.3) is 0 Å². The van der Waals surface area contributed by atoms with E-state index in [-0.39, 0.29) is 17.9 Å². The molecule has 1 aliphatic rings. The summed E-state index contributed by atoms with van der Waals surface area (Å²) in [5.74, 6) is -0.357. The summed E-state index contributed by atoms with van der Waals surface area (Å²) in [6.45, 7) is 5.94. The monoisotopic (exact) mass is 231 g/mol. The zero-order valence-electron chi connectivity index (χ0n) is 9.99. The van der Waals surface area contributed by atoms with Gasteiger partial charge >= 0.3 is 5.97 Å². The predicted molar refractivity (Wildman–Crippen MR) is 59.1 cm³/mol. The minimum absolute atomic E-state index is 0.0395. The first kappa shape index (κ1) is 13.4. The Labute approximate surface area is 96.1 Å². The molecule has 94 valence electrons. The summed E-state index contributed by atoms with van der Waals surface area (Å²) in [7, 11) is 0. The minimum atomic E-state index is -0.698. The molecule has 2 atom stereocenters. The van der Waals surface area contributed by atoms with Gasteiger partial charge in [0.1, 0.15) is 0 Å². The van der Waals surface area contributed by atoms with Crippen LogP contribution in [0.3, 0.4) is 0 Å². The van der Waals surface area contributed by atoms with Crippen molar-refractivity contribution in [2.45, 2.75) is 38.3 Å². The van der Waals surface area contributed by atoms with Crippen LogP contribution in [0.15, 0.2) is 0 Å². The summed E-state index contributed by atoms with van der Waals surface area (Å²) in [6.07, 6.45) is 0.271. The molecule has 1 heterocycles. The second-order valence-corrected chi connectivity index (χ2v) is 4.41. The van der Waals surface area contributed by atoms with E-state index in [1.807, 2.05) is 0 Å². The average molecular weight is 231 g/mol. The fourth-order valence-electron chi connectivity index (χ4n) is 1.66. The molecule has 0 aromatic heterocycles. The standard InChI is InChI=1S/C11H21NO4/c1-3-16-10(14)6-9(13)7-12-11(2)4-5-15-8-11/h9,12-13H,3-8H2,1-2H3. The molecule has 16 heavy (non-hydrogen) atoms. The Kier molecular flexibility index (Phi) is 5.18. The van der Waals surface area contributed by atoms with E-state index in [4.69, 9.17) is 9.47 Å². The molecule has 1 rings (SSSR count). The van der Waals surface area contributed by atoms with Crippen LogP contribution < -0.4 is 5.32 Å². The van der Waals surface area contributed by atoms with E-state index in [1.165, 1.54) is 0 Å². The Hall–Kier alpha value is -0.650. The molecule has 0 aromatic carbocycles. The van der Waals surface area contributed by atoms with Gasteiger partial charge in [-0.2, -0.15) is 0 Å². The number of aliphatic hydroxyl groups excluding tert-OH is 1. The van der Waals surface area contributed by atoms with Crippen molar-refractivity contribution in [3.05, 3.63) is 0 Å². The van der Waals surface area contributed by atoms with Gasteiger partial charge in [-0.05, 0) is 20.3 Å². The summed E-state index contributed by atoms with van der Waals surface area (Å²) in [6, 6.07) is 0. The zero-order chi connectivity index (χ0) is 12.0. The molecule has 5 nitrogen and oxygen atoms in total. The van der Waals surface area contributed by atoms with Gasteiger partial charge in [-0.1, -0.05) is 0 Å². The number of ether oxygens (including phenoxy) is 2. The van der Waals surface area contributed by atoms with Gasteiger partial charge in [0, 0.05) is 18.7 Å². The van der Waals surface area contributed by atoms with Gasteiger partial charge in [-0.15, -0.1) is 0 Å². The van der Waals surface area contributed by atoms with E-state index in [0.29, 0.717) is 19.8 Å². The third kappa shape index (κ3) is 4.47. The number of esters is 1. The van der Waals surface area contributed by atoms with Gasteiger partial charge in [0.15, 0.2) is 0 Å². The molecule has 2 N–H and O–H groups in total. The van der Waals surface area contributed by atoms with Crippen molar-refractivity contribution in [1.82, 2.24) is 5.32 Å². The van der Waals surface area contributed by atoms with E-state index in [9.17, 15) is 9.90 Å². The maximum absolute atomic E-state index is 11.1. The lowest BCUT2D eigenvalue weighted by atomic mass is 10.0. The molecule has 1 aliphatic heterocycles. The molecule has 0 aliphatic carbocycles. The molecule has 0 amide bonds. The van der Waals surface area contributed by atoms with Gasteiger partial charge < -0.3 is 19.9 Å². The second kappa shape index (κ2) is 6.18. The highest BCUT2D eigenvalue weighted by Gasteiger charge is 2.29. The topological polar surface area (TPSA) is 67.8 Å². The fourth-order valence-corrected chi connectivity index (χ4v) is 1.66. The van der Waals surface area contributed by atoms with Crippen molar-refractivity contribution >= 4 is 5.97 Å². The maximum atomic E-state index is 11.1. The van der Waals surface area contributed by atoms with Crippen LogP contribution in [-0.4, -0.2) is 49.1 Å². The number of aliphatic hydroxyl groups is 1. The molecule has 1 fully saturated rings. The summed E-state index contributed by atoms with van der Waals surface area (Å²) >= 11 is 0. The number of rotatable bonds is 6. The number of hydrogen-bond donors (Lipinski definition) is 2. The number of hydrogen-bond acceptors (Lipinski definition) is 5. The number of carbonyl (C=O) groups is 1. The maximum Gasteiger partial charge on any atom is 0.308 e. The number of nitrogens with one attached hydrogen (secondary N) is 1. The quantitative estimate of drug-likeness (QED) is 0.633. The van der Waals surface area contributed by atoms with Gasteiger partial charge in [0.05, 0.1) is 25.7 Å². The van der Waals surface area contributed by atoms with Gasteiger partial charge in [-0.3, -0.25) is 4.79 Å². The Morgan fingerprint density at radius 1 is 1.69 bits per heavy atom. The molecule has 1 saturated heterocycles. The van der Waals surface area contributed by atoms with Crippen LogP contribution in [0.5, 0.6) is 0 Å². The van der Waals surface area contributed by atoms with E-state index < -0.39 is 6.10 Å². The SMILES string of the molecule is CCOC(=O)CC(O)CNC1(C)CCOC1. The van der Waals surface area contributed by atoms with Crippen molar-refractivity contribution in [3.63, 3.8) is 0 Å². The molecule has 5 heteroatoms. The highest BCUT2D eigenvalue weighted by atomic mass is 16.5. The molecule has 0 aromatic rings. The average Bonchev–Trinajstić information content (AvgIpc) is 2.63. The molecule has 2 unspecified atom stereocenters. The van der Waals surface area contributed by atoms with Crippen LogP contribution in [-0.2, 0) is 14.3 Å². The zero-order valence-corrected chi connectivity index (χ0v) is 9.99. The first-order chi connectivity index (χ1) is 7.56. The third-order valence-electron chi connectivity index (χ3n) is 2.69. The third-order valence-corrected chi connectivity index (χ3v) is 2.69. The summed E-state index contributed by atoms with van der Waals surface area (Å²) in [5, 5.41) is 12.8. The van der Waals surface area contributed by atoms with Crippen LogP contribution in [0.2, 0.25) is 0 Å². The van der Waals surface area contributed by atoms with Crippen LogP contribution in [0, 0.1) is 0 Å². The van der Waals surface area contributed by atoms with Gasteiger partial charge in [-0.25, -0.2) is 0 Å². The van der Waals surface area contributed by atoms with Crippen LogP contribution in [0.1, 0.15) is 26.7 Å². The molecule has 0 spiro atoms. The van der Waals surface area contributed by atoms with E-state index in [2.05, 4.69) is 12.2 Å².